The second-order valence-electron chi connectivity index (χ2n) is 5.03. The largest absolute Gasteiger partial charge is 0.489 e. The quantitative estimate of drug-likeness (QED) is 0.797. The van der Waals surface area contributed by atoms with Crippen molar-refractivity contribution in [2.75, 3.05) is 6.61 Å². The summed E-state index contributed by atoms with van der Waals surface area (Å²) in [6.45, 7) is 2.14. The molecule has 0 aliphatic heterocycles. The van der Waals surface area contributed by atoms with Crippen LogP contribution in [-0.2, 0) is 16.1 Å². The number of rotatable bonds is 7. The third kappa shape index (κ3) is 4.79. The van der Waals surface area contributed by atoms with Crippen molar-refractivity contribution < 1.29 is 18.7 Å². The predicted octanol–water partition coefficient (Wildman–Crippen LogP) is 3.17. The zero-order valence-electron chi connectivity index (χ0n) is 12.9. The summed E-state index contributed by atoms with van der Waals surface area (Å²) >= 11 is 0. The minimum Gasteiger partial charge on any atom is -0.489 e. The Morgan fingerprint density at radius 3 is 2.61 bits per heavy atom. The van der Waals surface area contributed by atoms with Crippen LogP contribution < -0.4 is 10.5 Å². The Kier molecular flexibility index (Phi) is 6.11. The van der Waals surface area contributed by atoms with Gasteiger partial charge in [0.25, 0.3) is 0 Å². The first kappa shape index (κ1) is 17.0. The van der Waals surface area contributed by atoms with Gasteiger partial charge in [-0.05, 0) is 30.2 Å². The summed E-state index contributed by atoms with van der Waals surface area (Å²) in [7, 11) is 0. The molecule has 2 atom stereocenters. The summed E-state index contributed by atoms with van der Waals surface area (Å²) in [6.07, 6.45) is -1.90. The van der Waals surface area contributed by atoms with Crippen LogP contribution in [0, 0.1) is 0 Å². The van der Waals surface area contributed by atoms with Crippen LogP contribution in [0.1, 0.15) is 24.1 Å². The van der Waals surface area contributed by atoms with Crippen LogP contribution in [0.2, 0.25) is 0 Å². The minimum atomic E-state index is -1.90. The van der Waals surface area contributed by atoms with Gasteiger partial charge in [0.2, 0.25) is 6.17 Å². The average molecular weight is 317 g/mol. The zero-order chi connectivity index (χ0) is 16.7. The van der Waals surface area contributed by atoms with Crippen LogP contribution in [0.3, 0.4) is 0 Å². The number of nitrogens with two attached hydrogens (primary N) is 1. The maximum atomic E-state index is 14.0. The Hall–Kier alpha value is -2.40. The highest BCUT2D eigenvalue weighted by Gasteiger charge is 2.27. The van der Waals surface area contributed by atoms with Gasteiger partial charge < -0.3 is 15.2 Å². The number of hydrogen-bond acceptors (Lipinski definition) is 4. The van der Waals surface area contributed by atoms with Gasteiger partial charge in [0.15, 0.2) is 0 Å². The predicted molar refractivity (Wildman–Crippen MR) is 85.7 cm³/mol. The van der Waals surface area contributed by atoms with E-state index in [1.807, 2.05) is 30.3 Å². The van der Waals surface area contributed by atoms with Gasteiger partial charge in [-0.15, -0.1) is 0 Å². The van der Waals surface area contributed by atoms with Crippen molar-refractivity contribution in [2.45, 2.75) is 25.7 Å². The lowest BCUT2D eigenvalue weighted by molar-refractivity contribution is -0.149. The van der Waals surface area contributed by atoms with Crippen LogP contribution in [-0.4, -0.2) is 18.7 Å². The molecule has 0 aromatic heterocycles. The molecule has 0 spiro atoms. The topological polar surface area (TPSA) is 61.5 Å². The number of carbonyl (C=O) groups is 1. The van der Waals surface area contributed by atoms with E-state index in [0.717, 1.165) is 5.56 Å². The molecule has 2 aromatic rings. The summed E-state index contributed by atoms with van der Waals surface area (Å²) in [5.41, 5.74) is 7.32. The van der Waals surface area contributed by atoms with E-state index in [2.05, 4.69) is 4.74 Å². The van der Waals surface area contributed by atoms with Crippen LogP contribution in [0.4, 0.5) is 4.39 Å². The fourth-order valence-electron chi connectivity index (χ4n) is 2.09. The molecular weight excluding hydrogens is 297 g/mol. The molecule has 122 valence electrons. The molecule has 2 aromatic carbocycles. The van der Waals surface area contributed by atoms with E-state index in [-0.39, 0.29) is 6.61 Å². The van der Waals surface area contributed by atoms with Crippen LogP contribution in [0.5, 0.6) is 5.75 Å². The molecule has 0 aliphatic rings. The molecule has 2 N–H and O–H groups in total. The minimum absolute atomic E-state index is 0.117. The van der Waals surface area contributed by atoms with Gasteiger partial charge >= 0.3 is 5.97 Å². The van der Waals surface area contributed by atoms with Gasteiger partial charge in [-0.25, -0.2) is 9.18 Å². The van der Waals surface area contributed by atoms with Gasteiger partial charge in [-0.1, -0.05) is 42.5 Å². The normalized spacial score (nSPS) is 13.2. The van der Waals surface area contributed by atoms with E-state index < -0.39 is 18.2 Å². The summed E-state index contributed by atoms with van der Waals surface area (Å²) in [4.78, 5) is 11.4. The number of alkyl halides is 1. The van der Waals surface area contributed by atoms with E-state index in [1.54, 1.807) is 31.2 Å². The van der Waals surface area contributed by atoms with Gasteiger partial charge in [-0.2, -0.15) is 0 Å². The van der Waals surface area contributed by atoms with E-state index in [9.17, 15) is 9.18 Å². The molecule has 2 rings (SSSR count). The molecular formula is C18H20FNO3. The maximum Gasteiger partial charge on any atom is 0.342 e. The number of carbonyl (C=O) groups excluding carboxylic acids is 1. The van der Waals surface area contributed by atoms with Crippen molar-refractivity contribution in [1.29, 1.82) is 0 Å². The molecule has 5 heteroatoms. The highest BCUT2D eigenvalue weighted by Crippen LogP contribution is 2.23. The van der Waals surface area contributed by atoms with Gasteiger partial charge in [0.1, 0.15) is 12.4 Å². The van der Waals surface area contributed by atoms with Crippen LogP contribution >= 0.6 is 0 Å². The number of ether oxygens (including phenoxy) is 2. The van der Waals surface area contributed by atoms with Crippen molar-refractivity contribution in [3.05, 3.63) is 65.7 Å². The second-order valence-corrected chi connectivity index (χ2v) is 5.03. The monoisotopic (exact) mass is 317 g/mol. The first-order chi connectivity index (χ1) is 11.1. The van der Waals surface area contributed by atoms with Crippen molar-refractivity contribution >= 4 is 5.97 Å². The van der Waals surface area contributed by atoms with Gasteiger partial charge in [-0.3, -0.25) is 0 Å². The van der Waals surface area contributed by atoms with Gasteiger partial charge in [0.05, 0.1) is 12.6 Å². The first-order valence-electron chi connectivity index (χ1n) is 7.44. The molecule has 0 radical (unpaired) electrons. The summed E-state index contributed by atoms with van der Waals surface area (Å²) in [5.74, 6) is -0.381. The Morgan fingerprint density at radius 1 is 1.17 bits per heavy atom. The molecule has 0 aliphatic carbocycles. The van der Waals surface area contributed by atoms with E-state index >= 15 is 0 Å². The lowest BCUT2D eigenvalue weighted by Gasteiger charge is -2.17. The highest BCUT2D eigenvalue weighted by molar-refractivity contribution is 5.75. The fraction of sp³-hybridized carbons (Fsp3) is 0.278. The Labute approximate surface area is 135 Å². The third-order valence-corrected chi connectivity index (χ3v) is 3.32. The summed E-state index contributed by atoms with van der Waals surface area (Å²) in [5, 5.41) is 0. The number of hydrogen-bond donors (Lipinski definition) is 1. The molecule has 0 fully saturated rings. The van der Waals surface area contributed by atoms with E-state index in [0.29, 0.717) is 17.9 Å². The average Bonchev–Trinajstić information content (AvgIpc) is 2.60. The third-order valence-electron chi connectivity index (χ3n) is 3.32. The molecule has 0 bridgehead atoms. The molecule has 0 amide bonds. The van der Waals surface area contributed by atoms with Crippen molar-refractivity contribution in [2.24, 2.45) is 5.73 Å². The molecule has 0 saturated heterocycles. The molecule has 0 heterocycles. The Balaban J connectivity index is 2.02. The van der Waals surface area contributed by atoms with Crippen LogP contribution in [0.25, 0.3) is 0 Å². The van der Waals surface area contributed by atoms with E-state index in [1.165, 1.54) is 0 Å². The standard InChI is InChI=1S/C18H20FNO3/c1-2-22-18(21)16(19)17(20)14-9-6-10-15(11-14)23-12-13-7-4-3-5-8-13/h3-11,16-17H,2,12,20H2,1H3/t16?,17-/m0/s1. The highest BCUT2D eigenvalue weighted by atomic mass is 19.1. The molecule has 4 nitrogen and oxygen atoms in total. The number of esters is 1. The lowest BCUT2D eigenvalue weighted by atomic mass is 10.0. The maximum absolute atomic E-state index is 14.0. The van der Waals surface area contributed by atoms with Crippen LogP contribution in [0.15, 0.2) is 54.6 Å². The summed E-state index contributed by atoms with van der Waals surface area (Å²) in [6, 6.07) is 15.4. The second kappa shape index (κ2) is 8.29. The van der Waals surface area contributed by atoms with E-state index in [4.69, 9.17) is 10.5 Å². The van der Waals surface area contributed by atoms with Crippen molar-refractivity contribution in [3.63, 3.8) is 0 Å². The van der Waals surface area contributed by atoms with Crippen molar-refractivity contribution in [1.82, 2.24) is 0 Å². The Bertz CT molecular complexity index is 633. The number of benzene rings is 2. The van der Waals surface area contributed by atoms with Gasteiger partial charge in [0, 0.05) is 0 Å². The zero-order valence-corrected chi connectivity index (χ0v) is 12.9. The first-order valence-corrected chi connectivity index (χ1v) is 7.44. The summed E-state index contributed by atoms with van der Waals surface area (Å²) < 4.78 is 24.3. The van der Waals surface area contributed by atoms with Crippen molar-refractivity contribution in [3.8, 4) is 5.75 Å². The number of halogens is 1. The molecule has 1 unspecified atom stereocenters. The molecule has 0 saturated carbocycles. The fourth-order valence-corrected chi connectivity index (χ4v) is 2.09. The SMILES string of the molecule is CCOC(=O)C(F)[C@@H](N)c1cccc(OCc2ccccc2)c1. The smallest absolute Gasteiger partial charge is 0.342 e. The molecule has 23 heavy (non-hydrogen) atoms. The lowest BCUT2D eigenvalue weighted by Crippen LogP contribution is -2.31. The Morgan fingerprint density at radius 2 is 1.91 bits per heavy atom.